The van der Waals surface area contributed by atoms with Crippen molar-refractivity contribution in [3.63, 3.8) is 0 Å². The molecule has 0 aliphatic carbocycles. The predicted octanol–water partition coefficient (Wildman–Crippen LogP) is 5.11. The molecule has 0 aromatic carbocycles. The van der Waals surface area contributed by atoms with Crippen molar-refractivity contribution in [2.24, 2.45) is 5.92 Å². The van der Waals surface area contributed by atoms with Gasteiger partial charge in [0.15, 0.2) is 6.10 Å². The summed E-state index contributed by atoms with van der Waals surface area (Å²) in [5.74, 6) is -0.258. The van der Waals surface area contributed by atoms with Gasteiger partial charge in [-0.1, -0.05) is 72.1 Å². The van der Waals surface area contributed by atoms with Crippen molar-refractivity contribution in [3.8, 4) is 0 Å². The Morgan fingerprint density at radius 2 is 1.32 bits per heavy atom. The summed E-state index contributed by atoms with van der Waals surface area (Å²) in [6.45, 7) is 7.26. The van der Waals surface area contributed by atoms with Gasteiger partial charge in [-0.05, 0) is 12.3 Å². The molecule has 0 amide bonds. The lowest BCUT2D eigenvalue weighted by molar-refractivity contribution is -0.873. The van der Waals surface area contributed by atoms with E-state index in [2.05, 4.69) is 6.92 Å². The van der Waals surface area contributed by atoms with Gasteiger partial charge in [0.05, 0.1) is 34.2 Å². The lowest BCUT2D eigenvalue weighted by Gasteiger charge is -2.28. The SMILES string of the molecule is CCCCCCCCCCCOC(=O)C[C@H](C[N+](C)(C)C)OC(=O)CC(C)C. The number of carbonyl (C=O) groups excluding carboxylic acids is 2. The third-order valence-electron chi connectivity index (χ3n) is 4.53. The van der Waals surface area contributed by atoms with Crippen LogP contribution in [0.5, 0.6) is 0 Å². The molecule has 0 saturated heterocycles. The number of esters is 2. The smallest absolute Gasteiger partial charge is 0.309 e. The van der Waals surface area contributed by atoms with Crippen LogP contribution in [0, 0.1) is 5.92 Å². The number of quaternary nitrogens is 1. The molecule has 0 aromatic heterocycles. The molecule has 0 radical (unpaired) electrons. The highest BCUT2D eigenvalue weighted by atomic mass is 16.6. The minimum Gasteiger partial charge on any atom is -0.466 e. The first-order chi connectivity index (χ1) is 13.1. The van der Waals surface area contributed by atoms with Crippen molar-refractivity contribution in [3.05, 3.63) is 0 Å². The van der Waals surface area contributed by atoms with Crippen LogP contribution in [0.1, 0.15) is 91.4 Å². The van der Waals surface area contributed by atoms with Crippen molar-refractivity contribution in [2.75, 3.05) is 34.3 Å². The van der Waals surface area contributed by atoms with Gasteiger partial charge in [0.1, 0.15) is 6.54 Å². The maximum atomic E-state index is 12.2. The van der Waals surface area contributed by atoms with Crippen molar-refractivity contribution >= 4 is 11.9 Å². The minimum absolute atomic E-state index is 0.136. The van der Waals surface area contributed by atoms with Gasteiger partial charge in [0.25, 0.3) is 0 Å². The normalized spacial score (nSPS) is 12.8. The molecule has 0 rings (SSSR count). The Labute approximate surface area is 173 Å². The summed E-state index contributed by atoms with van der Waals surface area (Å²) in [7, 11) is 6.07. The highest BCUT2D eigenvalue weighted by molar-refractivity contribution is 5.72. The average molecular weight is 401 g/mol. The second-order valence-electron chi connectivity index (χ2n) is 9.44. The minimum atomic E-state index is -0.429. The highest BCUT2D eigenvalue weighted by Crippen LogP contribution is 2.12. The standard InChI is InChI=1S/C23H46NO4/c1-7-8-9-10-11-12-13-14-15-16-27-22(25)18-21(19-24(4,5)6)28-23(26)17-20(2)3/h20-21H,7-19H2,1-6H3/q+1/t21-/m1/s1. The van der Waals surface area contributed by atoms with Gasteiger partial charge in [-0.3, -0.25) is 9.59 Å². The van der Waals surface area contributed by atoms with E-state index in [1.807, 2.05) is 35.0 Å². The van der Waals surface area contributed by atoms with Gasteiger partial charge in [0, 0.05) is 6.42 Å². The molecule has 0 saturated carbocycles. The third kappa shape index (κ3) is 18.3. The van der Waals surface area contributed by atoms with E-state index in [0.29, 0.717) is 24.1 Å². The maximum Gasteiger partial charge on any atom is 0.309 e. The van der Waals surface area contributed by atoms with E-state index < -0.39 is 6.10 Å². The second kappa shape index (κ2) is 15.8. The average Bonchev–Trinajstić information content (AvgIpc) is 2.54. The van der Waals surface area contributed by atoms with Gasteiger partial charge in [0.2, 0.25) is 0 Å². The topological polar surface area (TPSA) is 52.6 Å². The zero-order chi connectivity index (χ0) is 21.4. The molecule has 0 unspecified atom stereocenters. The fraction of sp³-hybridized carbons (Fsp3) is 0.913. The molecule has 0 heterocycles. The summed E-state index contributed by atoms with van der Waals surface area (Å²) >= 11 is 0. The molecule has 0 fully saturated rings. The largest absolute Gasteiger partial charge is 0.466 e. The van der Waals surface area contributed by atoms with Crippen LogP contribution in [-0.4, -0.2) is 56.8 Å². The third-order valence-corrected chi connectivity index (χ3v) is 4.53. The zero-order valence-electron chi connectivity index (χ0n) is 19.4. The molecule has 166 valence electrons. The highest BCUT2D eigenvalue weighted by Gasteiger charge is 2.25. The lowest BCUT2D eigenvalue weighted by atomic mass is 10.1. The Kier molecular flexibility index (Phi) is 15.2. The van der Waals surface area contributed by atoms with Crippen LogP contribution in [0.3, 0.4) is 0 Å². The van der Waals surface area contributed by atoms with E-state index in [-0.39, 0.29) is 24.3 Å². The number of unbranched alkanes of at least 4 members (excludes halogenated alkanes) is 8. The number of likely N-dealkylation sites (N-methyl/N-ethyl adjacent to an activating group) is 1. The van der Waals surface area contributed by atoms with Crippen molar-refractivity contribution in [1.29, 1.82) is 0 Å². The van der Waals surface area contributed by atoms with E-state index >= 15 is 0 Å². The summed E-state index contributed by atoms with van der Waals surface area (Å²) in [6, 6.07) is 0. The molecule has 0 spiro atoms. The van der Waals surface area contributed by atoms with Crippen LogP contribution >= 0.6 is 0 Å². The Morgan fingerprint density at radius 1 is 0.786 bits per heavy atom. The molecule has 0 aliphatic heterocycles. The van der Waals surface area contributed by atoms with Crippen LogP contribution < -0.4 is 0 Å². The molecule has 28 heavy (non-hydrogen) atoms. The summed E-state index contributed by atoms with van der Waals surface area (Å²) in [4.78, 5) is 24.2. The molecular weight excluding hydrogens is 354 g/mol. The van der Waals surface area contributed by atoms with E-state index in [9.17, 15) is 9.59 Å². The van der Waals surface area contributed by atoms with E-state index in [4.69, 9.17) is 9.47 Å². The molecular formula is C23H46NO4+. The lowest BCUT2D eigenvalue weighted by Crippen LogP contribution is -2.44. The summed E-state index contributed by atoms with van der Waals surface area (Å²) in [6.07, 6.45) is 11.2. The fourth-order valence-electron chi connectivity index (χ4n) is 3.17. The number of hydrogen-bond donors (Lipinski definition) is 0. The number of rotatable bonds is 17. The quantitative estimate of drug-likeness (QED) is 0.193. The molecule has 0 aromatic rings. The van der Waals surface area contributed by atoms with Crippen LogP contribution in [0.15, 0.2) is 0 Å². The van der Waals surface area contributed by atoms with Crippen LogP contribution in [-0.2, 0) is 19.1 Å². The first kappa shape index (κ1) is 26.9. The number of ether oxygens (including phenoxy) is 2. The molecule has 0 bridgehead atoms. The van der Waals surface area contributed by atoms with Gasteiger partial charge in [-0.2, -0.15) is 0 Å². The van der Waals surface area contributed by atoms with Crippen LogP contribution in [0.25, 0.3) is 0 Å². The molecule has 1 atom stereocenters. The predicted molar refractivity (Wildman–Crippen MR) is 115 cm³/mol. The van der Waals surface area contributed by atoms with E-state index in [0.717, 1.165) is 12.8 Å². The van der Waals surface area contributed by atoms with Gasteiger partial charge < -0.3 is 14.0 Å². The molecule has 5 nitrogen and oxygen atoms in total. The maximum absolute atomic E-state index is 12.2. The fourth-order valence-corrected chi connectivity index (χ4v) is 3.17. The second-order valence-corrected chi connectivity index (χ2v) is 9.44. The summed E-state index contributed by atoms with van der Waals surface area (Å²) < 4.78 is 11.6. The van der Waals surface area contributed by atoms with E-state index in [1.165, 1.54) is 44.9 Å². The summed E-state index contributed by atoms with van der Waals surface area (Å²) in [5.41, 5.74) is 0. The Bertz CT molecular complexity index is 415. The van der Waals surface area contributed by atoms with Crippen molar-refractivity contribution in [2.45, 2.75) is 97.5 Å². The first-order valence-corrected chi connectivity index (χ1v) is 11.3. The number of carbonyl (C=O) groups is 2. The molecule has 0 aliphatic rings. The molecule has 5 heteroatoms. The monoisotopic (exact) mass is 400 g/mol. The number of nitrogens with zero attached hydrogens (tertiary/aromatic N) is 1. The first-order valence-electron chi connectivity index (χ1n) is 11.3. The van der Waals surface area contributed by atoms with Crippen LogP contribution in [0.2, 0.25) is 0 Å². The zero-order valence-corrected chi connectivity index (χ0v) is 19.4. The van der Waals surface area contributed by atoms with E-state index in [1.54, 1.807) is 0 Å². The molecule has 0 N–H and O–H groups in total. The van der Waals surface area contributed by atoms with Crippen molar-refractivity contribution < 1.29 is 23.5 Å². The van der Waals surface area contributed by atoms with Gasteiger partial charge >= 0.3 is 11.9 Å². The Morgan fingerprint density at radius 3 is 1.82 bits per heavy atom. The van der Waals surface area contributed by atoms with Crippen molar-refractivity contribution in [1.82, 2.24) is 0 Å². The number of hydrogen-bond acceptors (Lipinski definition) is 4. The van der Waals surface area contributed by atoms with Gasteiger partial charge in [-0.15, -0.1) is 0 Å². The Hall–Kier alpha value is -1.10. The Balaban J connectivity index is 4.02. The van der Waals surface area contributed by atoms with Crippen LogP contribution in [0.4, 0.5) is 0 Å². The van der Waals surface area contributed by atoms with Gasteiger partial charge in [-0.25, -0.2) is 0 Å². The summed E-state index contributed by atoms with van der Waals surface area (Å²) in [5, 5.41) is 0.